The molecule has 0 unspecified atom stereocenters. The van der Waals surface area contributed by atoms with E-state index < -0.39 is 12.0 Å². The van der Waals surface area contributed by atoms with Gasteiger partial charge in [-0.25, -0.2) is 9.79 Å². The van der Waals surface area contributed by atoms with Gasteiger partial charge in [0.15, 0.2) is 4.80 Å². The van der Waals surface area contributed by atoms with Crippen LogP contribution < -0.4 is 24.4 Å². The lowest BCUT2D eigenvalue weighted by molar-refractivity contribution is -0.139. The van der Waals surface area contributed by atoms with E-state index in [1.807, 2.05) is 56.3 Å². The normalized spacial score (nSPS) is 14.8. The number of thiazole rings is 1. The van der Waals surface area contributed by atoms with Gasteiger partial charge in [0, 0.05) is 21.2 Å². The van der Waals surface area contributed by atoms with Crippen molar-refractivity contribution in [1.82, 2.24) is 4.57 Å². The summed E-state index contributed by atoms with van der Waals surface area (Å²) in [6, 6.07) is 17.4. The van der Waals surface area contributed by atoms with Crippen LogP contribution in [0.3, 0.4) is 0 Å². The Labute approximate surface area is 277 Å². The van der Waals surface area contributed by atoms with Crippen LogP contribution in [0.15, 0.2) is 86.2 Å². The maximum Gasteiger partial charge on any atom is 0.338 e. The summed E-state index contributed by atoms with van der Waals surface area (Å²) < 4.78 is 20.3. The first-order chi connectivity index (χ1) is 21.1. The largest absolute Gasteiger partial charge is 0.491 e. The summed E-state index contributed by atoms with van der Waals surface area (Å²) in [6.07, 6.45) is 1.60. The van der Waals surface area contributed by atoms with Crippen LogP contribution in [0, 0.1) is 0 Å². The lowest BCUT2D eigenvalue weighted by Crippen LogP contribution is -2.40. The molecule has 1 atom stereocenters. The minimum Gasteiger partial charge on any atom is -0.491 e. The van der Waals surface area contributed by atoms with Crippen molar-refractivity contribution in [2.75, 3.05) is 6.61 Å². The number of hydrogen-bond donors (Lipinski definition) is 0. The maximum atomic E-state index is 14.2. The number of fused-ring (bicyclic) bond motifs is 1. The molecule has 0 amide bonds. The topological polar surface area (TPSA) is 79.1 Å². The van der Waals surface area contributed by atoms with Crippen LogP contribution in [-0.2, 0) is 16.1 Å². The van der Waals surface area contributed by atoms with Crippen LogP contribution in [0.5, 0.6) is 11.5 Å². The zero-order valence-corrected chi connectivity index (χ0v) is 28.3. The van der Waals surface area contributed by atoms with Gasteiger partial charge in [-0.2, -0.15) is 0 Å². The van der Waals surface area contributed by atoms with Crippen LogP contribution >= 0.6 is 50.5 Å². The highest BCUT2D eigenvalue weighted by atomic mass is 79.9. The molecule has 5 rings (SSSR count). The fraction of sp³-hybridized carbons (Fsp3) is 0.242. The van der Waals surface area contributed by atoms with Gasteiger partial charge in [-0.05, 0) is 85.6 Å². The molecule has 7 nitrogen and oxygen atoms in total. The molecule has 0 aliphatic carbocycles. The van der Waals surface area contributed by atoms with Crippen molar-refractivity contribution in [3.05, 3.63) is 123 Å². The van der Waals surface area contributed by atoms with E-state index in [-0.39, 0.29) is 30.5 Å². The van der Waals surface area contributed by atoms with Gasteiger partial charge in [-0.15, -0.1) is 0 Å². The van der Waals surface area contributed by atoms with Crippen molar-refractivity contribution in [2.45, 2.75) is 46.4 Å². The Kier molecular flexibility index (Phi) is 10.00. The summed E-state index contributed by atoms with van der Waals surface area (Å²) in [5, 5.41) is 1.07. The maximum absolute atomic E-state index is 14.2. The molecule has 228 valence electrons. The van der Waals surface area contributed by atoms with E-state index in [2.05, 4.69) is 20.9 Å². The Balaban J connectivity index is 1.68. The molecule has 0 spiro atoms. The Hall–Kier alpha value is -3.37. The third-order valence-electron chi connectivity index (χ3n) is 6.69. The number of carbonyl (C=O) groups excluding carboxylic acids is 1. The molecule has 1 aromatic heterocycles. The molecule has 2 heterocycles. The first kappa shape index (κ1) is 32.0. The Morgan fingerprint density at radius 1 is 1.11 bits per heavy atom. The average Bonchev–Trinajstić information content (AvgIpc) is 3.26. The summed E-state index contributed by atoms with van der Waals surface area (Å²) in [6.45, 7) is 7.76. The summed E-state index contributed by atoms with van der Waals surface area (Å²) in [5.74, 6) is 0.535. The Morgan fingerprint density at radius 3 is 2.61 bits per heavy atom. The number of ether oxygens (including phenoxy) is 3. The van der Waals surface area contributed by atoms with Gasteiger partial charge in [0.05, 0.1) is 33.0 Å². The van der Waals surface area contributed by atoms with E-state index >= 15 is 0 Å². The third kappa shape index (κ3) is 6.81. The quantitative estimate of drug-likeness (QED) is 0.171. The Morgan fingerprint density at radius 2 is 1.89 bits per heavy atom. The van der Waals surface area contributed by atoms with Gasteiger partial charge >= 0.3 is 5.97 Å². The second kappa shape index (κ2) is 13.7. The molecule has 3 aromatic carbocycles. The number of carbonyl (C=O) groups is 1. The van der Waals surface area contributed by atoms with Crippen LogP contribution in [0.25, 0.3) is 6.08 Å². The predicted octanol–water partition coefficient (Wildman–Crippen LogP) is 7.23. The summed E-state index contributed by atoms with van der Waals surface area (Å²) >= 11 is 17.4. The van der Waals surface area contributed by atoms with E-state index in [4.69, 9.17) is 37.4 Å². The lowest BCUT2D eigenvalue weighted by Gasteiger charge is -2.26. The average molecular weight is 716 g/mol. The SMILES string of the molecule is CCOC(=O)C1=C(C)N=c2s/c(=C\c3cc(Cl)cc(Br)c3OCc3cccc(Cl)c3)c(=O)n2[C@H]1c1ccccc1OC(C)C. The number of esters is 1. The summed E-state index contributed by atoms with van der Waals surface area (Å²) in [7, 11) is 0. The van der Waals surface area contributed by atoms with Gasteiger partial charge in [-0.1, -0.05) is 64.9 Å². The monoisotopic (exact) mass is 714 g/mol. The number of halogens is 3. The van der Waals surface area contributed by atoms with Gasteiger partial charge < -0.3 is 14.2 Å². The van der Waals surface area contributed by atoms with Crippen LogP contribution in [0.2, 0.25) is 10.0 Å². The molecule has 1 aliphatic rings. The number of aromatic nitrogens is 1. The number of hydrogen-bond acceptors (Lipinski definition) is 7. The van der Waals surface area contributed by atoms with E-state index in [9.17, 15) is 9.59 Å². The van der Waals surface area contributed by atoms with Crippen molar-refractivity contribution in [3.63, 3.8) is 0 Å². The molecule has 11 heteroatoms. The molecular formula is C33H29BrCl2N2O5S. The molecule has 0 radical (unpaired) electrons. The molecule has 0 saturated heterocycles. The molecular weight excluding hydrogens is 687 g/mol. The standard InChI is InChI=1S/C33H29BrCl2N2O5S/c1-5-41-32(40)28-19(4)37-33-38(29(28)24-11-6-7-12-26(24)43-18(2)3)31(39)27(44-33)15-21-14-23(36)16-25(34)30(21)42-17-20-9-8-10-22(35)13-20/h6-16,18,29H,5,17H2,1-4H3/b27-15-/t29-/m0/s1. The highest BCUT2D eigenvalue weighted by Gasteiger charge is 2.35. The highest BCUT2D eigenvalue weighted by molar-refractivity contribution is 9.10. The van der Waals surface area contributed by atoms with Crippen LogP contribution in [0.1, 0.15) is 50.4 Å². The first-order valence-corrected chi connectivity index (χ1v) is 16.3. The molecule has 0 fully saturated rings. The molecule has 0 bridgehead atoms. The fourth-order valence-electron chi connectivity index (χ4n) is 4.92. The zero-order chi connectivity index (χ0) is 31.5. The zero-order valence-electron chi connectivity index (χ0n) is 24.4. The molecule has 4 aromatic rings. The third-order valence-corrected chi connectivity index (χ3v) is 8.71. The van der Waals surface area contributed by atoms with Crippen LogP contribution in [0.4, 0.5) is 0 Å². The summed E-state index contributed by atoms with van der Waals surface area (Å²) in [4.78, 5) is 32.7. The predicted molar refractivity (Wildman–Crippen MR) is 178 cm³/mol. The van der Waals surface area contributed by atoms with Crippen molar-refractivity contribution in [2.24, 2.45) is 4.99 Å². The van der Waals surface area contributed by atoms with Gasteiger partial charge in [0.1, 0.15) is 24.1 Å². The van der Waals surface area contributed by atoms with Crippen molar-refractivity contribution in [3.8, 4) is 11.5 Å². The minimum atomic E-state index is -0.813. The van der Waals surface area contributed by atoms with Gasteiger partial charge in [0.2, 0.25) is 0 Å². The van der Waals surface area contributed by atoms with Crippen molar-refractivity contribution < 1.29 is 19.0 Å². The smallest absolute Gasteiger partial charge is 0.338 e. The van der Waals surface area contributed by atoms with Gasteiger partial charge in [0.25, 0.3) is 5.56 Å². The van der Waals surface area contributed by atoms with Crippen molar-refractivity contribution in [1.29, 1.82) is 0 Å². The number of para-hydroxylation sites is 1. The Bertz CT molecular complexity index is 1950. The molecule has 0 saturated carbocycles. The van der Waals surface area contributed by atoms with E-state index in [1.165, 1.54) is 15.9 Å². The number of allylic oxidation sites excluding steroid dienone is 1. The number of rotatable bonds is 9. The number of nitrogens with zero attached hydrogens (tertiary/aromatic N) is 2. The van der Waals surface area contributed by atoms with E-state index in [1.54, 1.807) is 38.1 Å². The second-order valence-electron chi connectivity index (χ2n) is 10.2. The van der Waals surface area contributed by atoms with E-state index in [0.29, 0.717) is 52.2 Å². The van der Waals surface area contributed by atoms with Crippen LogP contribution in [-0.4, -0.2) is 23.2 Å². The lowest BCUT2D eigenvalue weighted by atomic mass is 9.95. The summed E-state index contributed by atoms with van der Waals surface area (Å²) in [5.41, 5.74) is 2.55. The second-order valence-corrected chi connectivity index (χ2v) is 13.0. The molecule has 1 aliphatic heterocycles. The highest BCUT2D eigenvalue weighted by Crippen LogP contribution is 2.37. The molecule has 0 N–H and O–H groups in total. The first-order valence-electron chi connectivity index (χ1n) is 13.9. The molecule has 44 heavy (non-hydrogen) atoms. The van der Waals surface area contributed by atoms with Crippen molar-refractivity contribution >= 4 is 62.5 Å². The minimum absolute atomic E-state index is 0.130. The van der Waals surface area contributed by atoms with Gasteiger partial charge in [-0.3, -0.25) is 9.36 Å². The number of benzene rings is 3. The van der Waals surface area contributed by atoms with E-state index in [0.717, 1.165) is 5.56 Å². The fourth-order valence-corrected chi connectivity index (χ4v) is 7.12.